The lowest BCUT2D eigenvalue weighted by Gasteiger charge is -2.22. The predicted molar refractivity (Wildman–Crippen MR) is 77.0 cm³/mol. The zero-order chi connectivity index (χ0) is 13.1. The Kier molecular flexibility index (Phi) is 3.81. The molecular weight excluding hydrogens is 244 g/mol. The third-order valence-electron chi connectivity index (χ3n) is 2.83. The van der Waals surface area contributed by atoms with Crippen LogP contribution in [-0.2, 0) is 6.54 Å². The van der Waals surface area contributed by atoms with Crippen LogP contribution >= 0.6 is 11.3 Å². The molecule has 96 valence electrons. The predicted octanol–water partition coefficient (Wildman–Crippen LogP) is 2.88. The summed E-state index contributed by atoms with van der Waals surface area (Å²) in [5.74, 6) is 1.81. The molecule has 2 aromatic heterocycles. The van der Waals surface area contributed by atoms with Gasteiger partial charge in [-0.05, 0) is 28.3 Å². The highest BCUT2D eigenvalue weighted by atomic mass is 32.1. The van der Waals surface area contributed by atoms with E-state index < -0.39 is 0 Å². The normalized spacial score (nSPS) is 10.9. The van der Waals surface area contributed by atoms with Gasteiger partial charge in [0.25, 0.3) is 0 Å². The first kappa shape index (κ1) is 12.8. The standard InChI is InChI=1S/C13H18N4S/c1-9(2)11-12(14)15-8-16-13(11)17(3)6-10-4-5-18-7-10/h4-5,7-9H,6H2,1-3H3,(H2,14,15,16). The van der Waals surface area contributed by atoms with Gasteiger partial charge in [-0.2, -0.15) is 11.3 Å². The Labute approximate surface area is 111 Å². The van der Waals surface area contributed by atoms with Crippen molar-refractivity contribution in [1.82, 2.24) is 9.97 Å². The van der Waals surface area contributed by atoms with Gasteiger partial charge in [-0.1, -0.05) is 13.8 Å². The molecule has 0 atom stereocenters. The van der Waals surface area contributed by atoms with E-state index in [-0.39, 0.29) is 0 Å². The number of hydrogen-bond acceptors (Lipinski definition) is 5. The fourth-order valence-electron chi connectivity index (χ4n) is 1.99. The quantitative estimate of drug-likeness (QED) is 0.920. The van der Waals surface area contributed by atoms with Crippen LogP contribution in [0.4, 0.5) is 11.6 Å². The Hall–Kier alpha value is -1.62. The van der Waals surface area contributed by atoms with Crippen molar-refractivity contribution in [3.8, 4) is 0 Å². The summed E-state index contributed by atoms with van der Waals surface area (Å²) in [5.41, 5.74) is 8.27. The first-order valence-electron chi connectivity index (χ1n) is 5.92. The van der Waals surface area contributed by atoms with Crippen LogP contribution in [0.2, 0.25) is 0 Å². The number of thiophene rings is 1. The molecule has 0 amide bonds. The number of anilines is 2. The van der Waals surface area contributed by atoms with Gasteiger partial charge in [0, 0.05) is 19.2 Å². The van der Waals surface area contributed by atoms with Crippen LogP contribution in [0.5, 0.6) is 0 Å². The topological polar surface area (TPSA) is 55.0 Å². The Morgan fingerprint density at radius 3 is 2.78 bits per heavy atom. The third-order valence-corrected chi connectivity index (χ3v) is 3.56. The molecule has 4 nitrogen and oxygen atoms in total. The zero-order valence-corrected chi connectivity index (χ0v) is 11.7. The van der Waals surface area contributed by atoms with E-state index in [1.165, 1.54) is 11.9 Å². The average Bonchev–Trinajstić information content (AvgIpc) is 2.80. The summed E-state index contributed by atoms with van der Waals surface area (Å²) in [7, 11) is 2.03. The summed E-state index contributed by atoms with van der Waals surface area (Å²) in [4.78, 5) is 10.6. The van der Waals surface area contributed by atoms with Crippen LogP contribution in [0, 0.1) is 0 Å². The van der Waals surface area contributed by atoms with Crippen molar-refractivity contribution in [2.75, 3.05) is 17.7 Å². The van der Waals surface area contributed by atoms with Crippen molar-refractivity contribution in [2.45, 2.75) is 26.3 Å². The summed E-state index contributed by atoms with van der Waals surface area (Å²) in [5, 5.41) is 4.23. The second kappa shape index (κ2) is 5.35. The monoisotopic (exact) mass is 262 g/mol. The summed E-state index contributed by atoms with van der Waals surface area (Å²) >= 11 is 1.71. The van der Waals surface area contributed by atoms with E-state index in [0.29, 0.717) is 11.7 Å². The summed E-state index contributed by atoms with van der Waals surface area (Å²) in [6.07, 6.45) is 1.53. The molecule has 0 saturated carbocycles. The molecule has 2 heterocycles. The van der Waals surface area contributed by atoms with Crippen LogP contribution < -0.4 is 10.6 Å². The van der Waals surface area contributed by atoms with Gasteiger partial charge in [-0.3, -0.25) is 0 Å². The van der Waals surface area contributed by atoms with Crippen molar-refractivity contribution in [2.24, 2.45) is 0 Å². The number of rotatable bonds is 4. The Morgan fingerprint density at radius 1 is 1.39 bits per heavy atom. The van der Waals surface area contributed by atoms with Crippen molar-refractivity contribution >= 4 is 23.0 Å². The van der Waals surface area contributed by atoms with Gasteiger partial charge in [-0.15, -0.1) is 0 Å². The lowest BCUT2D eigenvalue weighted by atomic mass is 10.0. The van der Waals surface area contributed by atoms with Gasteiger partial charge < -0.3 is 10.6 Å². The lowest BCUT2D eigenvalue weighted by Crippen LogP contribution is -2.20. The lowest BCUT2D eigenvalue weighted by molar-refractivity contribution is 0.813. The average molecular weight is 262 g/mol. The third kappa shape index (κ3) is 2.61. The van der Waals surface area contributed by atoms with Crippen LogP contribution in [0.1, 0.15) is 30.9 Å². The van der Waals surface area contributed by atoms with E-state index in [9.17, 15) is 0 Å². The fraction of sp³-hybridized carbons (Fsp3) is 0.385. The van der Waals surface area contributed by atoms with Crippen LogP contribution in [0.25, 0.3) is 0 Å². The van der Waals surface area contributed by atoms with Crippen LogP contribution in [-0.4, -0.2) is 17.0 Å². The van der Waals surface area contributed by atoms with Crippen molar-refractivity contribution in [3.05, 3.63) is 34.3 Å². The number of nitrogens with two attached hydrogens (primary N) is 1. The molecule has 0 unspecified atom stereocenters. The second-order valence-corrected chi connectivity index (χ2v) is 5.42. The fourth-order valence-corrected chi connectivity index (χ4v) is 2.65. The van der Waals surface area contributed by atoms with Crippen LogP contribution in [0.3, 0.4) is 0 Å². The molecule has 0 radical (unpaired) electrons. The highest BCUT2D eigenvalue weighted by Gasteiger charge is 2.16. The van der Waals surface area contributed by atoms with Crippen molar-refractivity contribution < 1.29 is 0 Å². The van der Waals surface area contributed by atoms with Gasteiger partial charge in [0.2, 0.25) is 0 Å². The van der Waals surface area contributed by atoms with E-state index in [4.69, 9.17) is 5.73 Å². The number of aromatic nitrogens is 2. The molecule has 0 aliphatic rings. The van der Waals surface area contributed by atoms with E-state index in [1.54, 1.807) is 11.3 Å². The zero-order valence-electron chi connectivity index (χ0n) is 10.9. The largest absolute Gasteiger partial charge is 0.383 e. The first-order valence-corrected chi connectivity index (χ1v) is 6.86. The minimum atomic E-state index is 0.311. The highest BCUT2D eigenvalue weighted by molar-refractivity contribution is 7.07. The maximum absolute atomic E-state index is 5.96. The van der Waals surface area contributed by atoms with E-state index >= 15 is 0 Å². The molecule has 2 aromatic rings. The summed E-state index contributed by atoms with van der Waals surface area (Å²) in [6.45, 7) is 5.05. The van der Waals surface area contributed by atoms with E-state index in [2.05, 4.69) is 45.5 Å². The number of hydrogen-bond donors (Lipinski definition) is 1. The van der Waals surface area contributed by atoms with Crippen LogP contribution in [0.15, 0.2) is 23.2 Å². The molecule has 0 aliphatic carbocycles. The molecule has 0 bridgehead atoms. The summed E-state index contributed by atoms with van der Waals surface area (Å²) < 4.78 is 0. The molecule has 0 aromatic carbocycles. The Bertz CT molecular complexity index is 508. The van der Waals surface area contributed by atoms with E-state index in [0.717, 1.165) is 17.9 Å². The van der Waals surface area contributed by atoms with Gasteiger partial charge in [0.05, 0.1) is 0 Å². The Morgan fingerprint density at radius 2 is 2.17 bits per heavy atom. The van der Waals surface area contributed by atoms with Gasteiger partial charge in [-0.25, -0.2) is 9.97 Å². The molecule has 2 rings (SSSR count). The van der Waals surface area contributed by atoms with Gasteiger partial charge >= 0.3 is 0 Å². The maximum Gasteiger partial charge on any atom is 0.137 e. The number of nitrogen functional groups attached to an aromatic ring is 1. The van der Waals surface area contributed by atoms with Crippen molar-refractivity contribution in [3.63, 3.8) is 0 Å². The van der Waals surface area contributed by atoms with Crippen molar-refractivity contribution in [1.29, 1.82) is 0 Å². The van der Waals surface area contributed by atoms with Gasteiger partial charge in [0.1, 0.15) is 18.0 Å². The SMILES string of the molecule is CC(C)c1c(N)ncnc1N(C)Cc1ccsc1. The molecule has 0 spiro atoms. The smallest absolute Gasteiger partial charge is 0.137 e. The molecule has 0 fully saturated rings. The molecular formula is C13H18N4S. The molecule has 0 saturated heterocycles. The molecule has 18 heavy (non-hydrogen) atoms. The van der Waals surface area contributed by atoms with Gasteiger partial charge in [0.15, 0.2) is 0 Å². The Balaban J connectivity index is 2.29. The minimum Gasteiger partial charge on any atom is -0.383 e. The second-order valence-electron chi connectivity index (χ2n) is 4.64. The highest BCUT2D eigenvalue weighted by Crippen LogP contribution is 2.29. The molecule has 5 heteroatoms. The summed E-state index contributed by atoms with van der Waals surface area (Å²) in [6, 6.07) is 2.13. The molecule has 0 aliphatic heterocycles. The first-order chi connectivity index (χ1) is 8.59. The maximum atomic E-state index is 5.96. The minimum absolute atomic E-state index is 0.311. The van der Waals surface area contributed by atoms with E-state index in [1.807, 2.05) is 7.05 Å². The molecule has 2 N–H and O–H groups in total. The number of nitrogens with zero attached hydrogens (tertiary/aromatic N) is 3.